The third-order valence-corrected chi connectivity index (χ3v) is 4.95. The summed E-state index contributed by atoms with van der Waals surface area (Å²) in [6.07, 6.45) is 3.99. The highest BCUT2D eigenvalue weighted by molar-refractivity contribution is 5.78. The molecule has 4 aromatic rings. The first-order valence-corrected chi connectivity index (χ1v) is 9.89. The Bertz CT molecular complexity index is 1120. The minimum absolute atomic E-state index is 0.0122. The van der Waals surface area contributed by atoms with Gasteiger partial charge >= 0.3 is 0 Å². The SMILES string of the molecule is Cc1oc(-c2ccccc2)nc1CC(=O)N(C)Cc1cnn(Cc2ccccc2)c1. The van der Waals surface area contributed by atoms with E-state index in [0.29, 0.717) is 30.4 Å². The number of carbonyl (C=O) groups excluding carboxylic acids is 1. The molecule has 30 heavy (non-hydrogen) atoms. The molecule has 0 saturated carbocycles. The monoisotopic (exact) mass is 400 g/mol. The summed E-state index contributed by atoms with van der Waals surface area (Å²) in [4.78, 5) is 19.0. The molecular formula is C24H24N4O2. The van der Waals surface area contributed by atoms with Gasteiger partial charge in [0.25, 0.3) is 0 Å². The lowest BCUT2D eigenvalue weighted by Gasteiger charge is -2.15. The summed E-state index contributed by atoms with van der Waals surface area (Å²) < 4.78 is 7.65. The zero-order valence-corrected chi connectivity index (χ0v) is 17.2. The topological polar surface area (TPSA) is 64.2 Å². The number of oxazole rings is 1. The van der Waals surface area contributed by atoms with Crippen LogP contribution in [0.5, 0.6) is 0 Å². The summed E-state index contributed by atoms with van der Waals surface area (Å²) >= 11 is 0. The van der Waals surface area contributed by atoms with E-state index in [9.17, 15) is 4.79 Å². The highest BCUT2D eigenvalue weighted by atomic mass is 16.4. The van der Waals surface area contributed by atoms with Crippen LogP contribution in [0.1, 0.15) is 22.6 Å². The van der Waals surface area contributed by atoms with Crippen molar-refractivity contribution >= 4 is 5.91 Å². The van der Waals surface area contributed by atoms with Crippen LogP contribution < -0.4 is 0 Å². The second-order valence-corrected chi connectivity index (χ2v) is 7.35. The fourth-order valence-corrected chi connectivity index (χ4v) is 3.28. The van der Waals surface area contributed by atoms with Gasteiger partial charge in [-0.3, -0.25) is 9.48 Å². The summed E-state index contributed by atoms with van der Waals surface area (Å²) in [5, 5.41) is 4.41. The first kappa shape index (κ1) is 19.6. The number of hydrogen-bond donors (Lipinski definition) is 0. The van der Waals surface area contributed by atoms with Crippen molar-refractivity contribution in [3.8, 4) is 11.5 Å². The number of carbonyl (C=O) groups is 1. The van der Waals surface area contributed by atoms with Gasteiger partial charge in [0, 0.05) is 30.9 Å². The van der Waals surface area contributed by atoms with Gasteiger partial charge in [0.2, 0.25) is 11.8 Å². The molecule has 0 aliphatic heterocycles. The molecule has 0 radical (unpaired) electrons. The smallest absolute Gasteiger partial charge is 0.228 e. The Morgan fingerprint density at radius 2 is 1.73 bits per heavy atom. The Hall–Kier alpha value is -3.67. The van der Waals surface area contributed by atoms with Crippen LogP contribution in [-0.4, -0.2) is 32.6 Å². The van der Waals surface area contributed by atoms with E-state index < -0.39 is 0 Å². The maximum Gasteiger partial charge on any atom is 0.228 e. The Morgan fingerprint density at radius 3 is 2.47 bits per heavy atom. The van der Waals surface area contributed by atoms with Crippen molar-refractivity contribution in [2.24, 2.45) is 0 Å². The number of benzene rings is 2. The molecule has 0 atom stereocenters. The molecule has 1 amide bonds. The van der Waals surface area contributed by atoms with Crippen molar-refractivity contribution in [2.45, 2.75) is 26.4 Å². The Kier molecular flexibility index (Phi) is 5.75. The molecule has 0 aliphatic carbocycles. The number of amides is 1. The summed E-state index contributed by atoms with van der Waals surface area (Å²) in [6, 6.07) is 19.9. The molecule has 2 heterocycles. The highest BCUT2D eigenvalue weighted by Crippen LogP contribution is 2.22. The normalized spacial score (nSPS) is 10.9. The lowest BCUT2D eigenvalue weighted by molar-refractivity contribution is -0.129. The number of rotatable bonds is 7. The molecule has 0 bridgehead atoms. The predicted octanol–water partition coefficient (Wildman–Crippen LogP) is 4.10. The molecule has 2 aromatic carbocycles. The van der Waals surface area contributed by atoms with Crippen molar-refractivity contribution in [1.82, 2.24) is 19.7 Å². The molecule has 6 heteroatoms. The molecule has 152 valence electrons. The second kappa shape index (κ2) is 8.78. The maximum absolute atomic E-state index is 12.7. The van der Waals surface area contributed by atoms with Gasteiger partial charge in [0.1, 0.15) is 5.76 Å². The van der Waals surface area contributed by atoms with E-state index in [2.05, 4.69) is 22.2 Å². The Morgan fingerprint density at radius 1 is 1.03 bits per heavy atom. The van der Waals surface area contributed by atoms with Crippen LogP contribution in [-0.2, 0) is 24.3 Å². The summed E-state index contributed by atoms with van der Waals surface area (Å²) in [5.41, 5.74) is 3.75. The maximum atomic E-state index is 12.7. The summed E-state index contributed by atoms with van der Waals surface area (Å²) in [7, 11) is 1.80. The van der Waals surface area contributed by atoms with Gasteiger partial charge in [-0.05, 0) is 24.6 Å². The van der Waals surface area contributed by atoms with E-state index in [0.717, 1.165) is 11.1 Å². The predicted molar refractivity (Wildman–Crippen MR) is 115 cm³/mol. The minimum Gasteiger partial charge on any atom is -0.441 e. The van der Waals surface area contributed by atoms with Crippen LogP contribution in [0.2, 0.25) is 0 Å². The molecule has 0 aliphatic rings. The zero-order valence-electron chi connectivity index (χ0n) is 17.2. The zero-order chi connectivity index (χ0) is 20.9. The molecular weight excluding hydrogens is 376 g/mol. The van der Waals surface area contributed by atoms with E-state index in [-0.39, 0.29) is 12.3 Å². The number of aryl methyl sites for hydroxylation is 1. The van der Waals surface area contributed by atoms with E-state index in [1.54, 1.807) is 11.9 Å². The van der Waals surface area contributed by atoms with Crippen molar-refractivity contribution in [1.29, 1.82) is 0 Å². The first-order valence-electron chi connectivity index (χ1n) is 9.89. The fourth-order valence-electron chi connectivity index (χ4n) is 3.28. The van der Waals surface area contributed by atoms with Gasteiger partial charge in [0.05, 0.1) is 24.9 Å². The van der Waals surface area contributed by atoms with E-state index >= 15 is 0 Å². The molecule has 0 spiro atoms. The molecule has 2 aromatic heterocycles. The average molecular weight is 400 g/mol. The van der Waals surface area contributed by atoms with E-state index in [1.165, 1.54) is 5.56 Å². The highest BCUT2D eigenvalue weighted by Gasteiger charge is 2.17. The lowest BCUT2D eigenvalue weighted by atomic mass is 10.2. The summed E-state index contributed by atoms with van der Waals surface area (Å²) in [6.45, 7) is 3.05. The van der Waals surface area contributed by atoms with Gasteiger partial charge in [-0.15, -0.1) is 0 Å². The minimum atomic E-state index is -0.0122. The van der Waals surface area contributed by atoms with Crippen molar-refractivity contribution in [3.05, 3.63) is 95.6 Å². The quantitative estimate of drug-likeness (QED) is 0.469. The number of likely N-dealkylation sites (N-methyl/N-ethyl adjacent to an activating group) is 1. The first-order chi connectivity index (χ1) is 14.6. The molecule has 6 nitrogen and oxygen atoms in total. The number of nitrogens with zero attached hydrogens (tertiary/aromatic N) is 4. The average Bonchev–Trinajstić information content (AvgIpc) is 3.35. The lowest BCUT2D eigenvalue weighted by Crippen LogP contribution is -2.27. The van der Waals surface area contributed by atoms with Crippen molar-refractivity contribution < 1.29 is 9.21 Å². The van der Waals surface area contributed by atoms with Gasteiger partial charge < -0.3 is 9.32 Å². The molecule has 0 unspecified atom stereocenters. The van der Waals surface area contributed by atoms with E-state index in [1.807, 2.05) is 72.5 Å². The van der Waals surface area contributed by atoms with E-state index in [4.69, 9.17) is 4.42 Å². The third-order valence-electron chi connectivity index (χ3n) is 4.95. The number of hydrogen-bond acceptors (Lipinski definition) is 4. The Balaban J connectivity index is 1.37. The van der Waals surface area contributed by atoms with Crippen LogP contribution in [0.15, 0.2) is 77.5 Å². The van der Waals surface area contributed by atoms with Gasteiger partial charge in [-0.2, -0.15) is 5.10 Å². The second-order valence-electron chi connectivity index (χ2n) is 7.35. The molecule has 0 fully saturated rings. The molecule has 4 rings (SSSR count). The fraction of sp³-hybridized carbons (Fsp3) is 0.208. The third kappa shape index (κ3) is 4.66. The van der Waals surface area contributed by atoms with Crippen molar-refractivity contribution in [3.63, 3.8) is 0 Å². The van der Waals surface area contributed by atoms with Crippen molar-refractivity contribution in [2.75, 3.05) is 7.05 Å². The van der Waals surface area contributed by atoms with Crippen LogP contribution in [0.4, 0.5) is 0 Å². The number of aromatic nitrogens is 3. The van der Waals surface area contributed by atoms with Crippen LogP contribution >= 0.6 is 0 Å². The largest absolute Gasteiger partial charge is 0.441 e. The van der Waals surface area contributed by atoms with Crippen LogP contribution in [0.25, 0.3) is 11.5 Å². The van der Waals surface area contributed by atoms with Crippen LogP contribution in [0.3, 0.4) is 0 Å². The molecule has 0 N–H and O–H groups in total. The summed E-state index contributed by atoms with van der Waals surface area (Å²) in [5.74, 6) is 1.20. The van der Waals surface area contributed by atoms with Gasteiger partial charge in [0.15, 0.2) is 0 Å². The van der Waals surface area contributed by atoms with Crippen LogP contribution in [0, 0.1) is 6.92 Å². The Labute approximate surface area is 175 Å². The molecule has 0 saturated heterocycles. The van der Waals surface area contributed by atoms with Gasteiger partial charge in [-0.1, -0.05) is 48.5 Å². The van der Waals surface area contributed by atoms with Gasteiger partial charge in [-0.25, -0.2) is 4.98 Å². The standard InChI is InChI=1S/C24H24N4O2/c1-18-22(26-24(30-18)21-11-7-4-8-12-21)13-23(29)27(2)15-20-14-25-28(17-20)16-19-9-5-3-6-10-19/h3-12,14,17H,13,15-16H2,1-2H3.